The van der Waals surface area contributed by atoms with Crippen LogP contribution in [-0.2, 0) is 49.0 Å². The summed E-state index contributed by atoms with van der Waals surface area (Å²) < 4.78 is 34.5. The summed E-state index contributed by atoms with van der Waals surface area (Å²) in [5.41, 5.74) is -6.29. The standard InChI is InChI=1S/C33H45NO11S/c1-29(2,3)42-26(37)32(25(36)40-10,34(27(38)43-30(4,5)6)28(39)44-31(7,8)9)33(41-11,23-17-19-24(35)20-18-23)45-46-21-22-15-13-12-14-16-22/h12-20,35H,21H2,1-11H3. The number of amides is 2. The summed E-state index contributed by atoms with van der Waals surface area (Å²) in [5, 5.41) is 10.2. The molecule has 2 atom stereocenters. The predicted octanol–water partition coefficient (Wildman–Crippen LogP) is 6.48. The minimum absolute atomic E-state index is 0.0817. The quantitative estimate of drug-likeness (QED) is 0.0975. The second-order valence-corrected chi connectivity index (χ2v) is 13.9. The number of phenols is 1. The number of phenolic OH excluding ortho intramolecular Hbond substituents is 1. The van der Waals surface area contributed by atoms with Gasteiger partial charge in [-0.3, -0.25) is 4.18 Å². The first-order valence-electron chi connectivity index (χ1n) is 14.4. The van der Waals surface area contributed by atoms with E-state index in [0.717, 1.165) is 31.8 Å². The molecule has 2 aromatic carbocycles. The first kappa shape index (κ1) is 38.4. The van der Waals surface area contributed by atoms with Gasteiger partial charge in [0.2, 0.25) is 0 Å². The van der Waals surface area contributed by atoms with Crippen LogP contribution in [0.1, 0.15) is 73.4 Å². The van der Waals surface area contributed by atoms with Crippen molar-refractivity contribution in [2.75, 3.05) is 14.2 Å². The zero-order valence-corrected chi connectivity index (χ0v) is 29.1. The van der Waals surface area contributed by atoms with Gasteiger partial charge in [0.1, 0.15) is 22.6 Å². The van der Waals surface area contributed by atoms with Crippen molar-refractivity contribution in [3.63, 3.8) is 0 Å². The molecule has 0 saturated heterocycles. The van der Waals surface area contributed by atoms with Crippen LogP contribution in [0.15, 0.2) is 54.6 Å². The molecular formula is C33H45NO11S. The van der Waals surface area contributed by atoms with Gasteiger partial charge in [0.25, 0.3) is 5.79 Å². The van der Waals surface area contributed by atoms with Gasteiger partial charge >= 0.3 is 29.7 Å². The molecule has 0 aliphatic rings. The lowest BCUT2D eigenvalue weighted by molar-refractivity contribution is -0.254. The van der Waals surface area contributed by atoms with Crippen LogP contribution in [0, 0.1) is 0 Å². The van der Waals surface area contributed by atoms with Gasteiger partial charge in [-0.1, -0.05) is 30.3 Å². The zero-order valence-electron chi connectivity index (χ0n) is 28.3. The minimum atomic E-state index is -3.25. The highest BCUT2D eigenvalue weighted by atomic mass is 32.2. The molecule has 2 aromatic rings. The number of esters is 2. The van der Waals surface area contributed by atoms with Gasteiger partial charge in [-0.2, -0.15) is 4.90 Å². The second-order valence-electron chi connectivity index (χ2n) is 13.2. The summed E-state index contributed by atoms with van der Waals surface area (Å²) in [6.07, 6.45) is -2.93. The van der Waals surface area contributed by atoms with Gasteiger partial charge < -0.3 is 28.8 Å². The number of ether oxygens (including phenoxy) is 5. The summed E-state index contributed by atoms with van der Waals surface area (Å²) in [5.74, 6) is -5.66. The Kier molecular flexibility index (Phi) is 12.3. The van der Waals surface area contributed by atoms with E-state index in [2.05, 4.69) is 0 Å². The van der Waals surface area contributed by atoms with Crippen LogP contribution in [-0.4, -0.2) is 70.7 Å². The Hall–Kier alpha value is -3.81. The van der Waals surface area contributed by atoms with Crippen LogP contribution in [0.5, 0.6) is 5.75 Å². The summed E-state index contributed by atoms with van der Waals surface area (Å²) in [6, 6.07) is 14.2. The third-order valence-corrected chi connectivity index (χ3v) is 6.72. The number of methoxy groups -OCH3 is 2. The van der Waals surface area contributed by atoms with Gasteiger partial charge in [-0.25, -0.2) is 19.2 Å². The molecular weight excluding hydrogens is 618 g/mol. The molecule has 2 unspecified atom stereocenters. The molecule has 0 bridgehead atoms. The number of rotatable bonds is 10. The van der Waals surface area contributed by atoms with Crippen molar-refractivity contribution in [1.29, 1.82) is 0 Å². The lowest BCUT2D eigenvalue weighted by Crippen LogP contribution is -2.76. The maximum atomic E-state index is 14.7. The van der Waals surface area contributed by atoms with E-state index in [0.29, 0.717) is 0 Å². The third kappa shape index (κ3) is 9.14. The Labute approximate surface area is 274 Å². The van der Waals surface area contributed by atoms with E-state index in [9.17, 15) is 24.3 Å². The van der Waals surface area contributed by atoms with Gasteiger partial charge in [0.15, 0.2) is 0 Å². The first-order valence-corrected chi connectivity index (χ1v) is 15.3. The highest BCUT2D eigenvalue weighted by Gasteiger charge is 2.75. The Morgan fingerprint density at radius 2 is 1.17 bits per heavy atom. The summed E-state index contributed by atoms with van der Waals surface area (Å²) in [7, 11) is 2.07. The number of imide groups is 1. The molecule has 2 amide bonds. The molecule has 46 heavy (non-hydrogen) atoms. The van der Waals surface area contributed by atoms with E-state index < -0.39 is 52.3 Å². The van der Waals surface area contributed by atoms with Gasteiger partial charge in [-0.05, 0) is 92.1 Å². The van der Waals surface area contributed by atoms with E-state index in [1.54, 1.807) is 0 Å². The fraction of sp³-hybridized carbons (Fsp3) is 0.515. The summed E-state index contributed by atoms with van der Waals surface area (Å²) in [4.78, 5) is 57.7. The molecule has 1 N–H and O–H groups in total. The lowest BCUT2D eigenvalue weighted by Gasteiger charge is -2.48. The highest BCUT2D eigenvalue weighted by molar-refractivity contribution is 7.93. The number of nitrogens with zero attached hydrogens (tertiary/aromatic N) is 1. The molecule has 13 heteroatoms. The van der Waals surface area contributed by atoms with E-state index in [-0.39, 0.29) is 22.0 Å². The molecule has 0 aliphatic heterocycles. The second kappa shape index (κ2) is 14.7. The van der Waals surface area contributed by atoms with E-state index >= 15 is 0 Å². The third-order valence-electron chi connectivity index (χ3n) is 5.92. The first-order chi connectivity index (χ1) is 21.1. The largest absolute Gasteiger partial charge is 0.508 e. The maximum absolute atomic E-state index is 14.7. The van der Waals surface area contributed by atoms with Crippen molar-refractivity contribution in [3.05, 3.63) is 65.7 Å². The molecule has 0 fully saturated rings. The Morgan fingerprint density at radius 1 is 0.696 bits per heavy atom. The van der Waals surface area contributed by atoms with Crippen molar-refractivity contribution in [3.8, 4) is 5.75 Å². The van der Waals surface area contributed by atoms with Crippen molar-refractivity contribution in [1.82, 2.24) is 4.90 Å². The van der Waals surface area contributed by atoms with Crippen LogP contribution < -0.4 is 0 Å². The zero-order chi connectivity index (χ0) is 35.1. The topological polar surface area (TPSA) is 147 Å². The SMILES string of the molecule is COC(=O)C(C(=O)OC(C)(C)C)(N(C(=O)OC(C)(C)C)C(=O)OC(C)(C)C)C(OC)(OSCc1ccccc1)c1ccc(O)cc1. The van der Waals surface area contributed by atoms with Crippen LogP contribution in [0.3, 0.4) is 0 Å². The predicted molar refractivity (Wildman–Crippen MR) is 171 cm³/mol. The molecule has 0 radical (unpaired) electrons. The molecule has 0 spiro atoms. The van der Waals surface area contributed by atoms with E-state index in [1.165, 1.54) is 86.6 Å². The van der Waals surface area contributed by atoms with Crippen LogP contribution in [0.2, 0.25) is 0 Å². The summed E-state index contributed by atoms with van der Waals surface area (Å²) >= 11 is 0.760. The molecule has 12 nitrogen and oxygen atoms in total. The Bertz CT molecular complexity index is 1330. The number of benzene rings is 2. The van der Waals surface area contributed by atoms with Crippen molar-refractivity contribution < 1.29 is 52.2 Å². The van der Waals surface area contributed by atoms with Crippen molar-refractivity contribution in [2.45, 2.75) is 96.2 Å². The Morgan fingerprint density at radius 3 is 1.59 bits per heavy atom. The summed E-state index contributed by atoms with van der Waals surface area (Å²) in [6.45, 7) is 13.8. The van der Waals surface area contributed by atoms with Crippen molar-refractivity contribution >= 4 is 36.2 Å². The van der Waals surface area contributed by atoms with Gasteiger partial charge in [0, 0.05) is 30.5 Å². The fourth-order valence-corrected chi connectivity index (χ4v) is 5.04. The number of aromatic hydroxyl groups is 1. The normalized spacial score (nSPS) is 14.7. The van der Waals surface area contributed by atoms with Gasteiger partial charge in [0.05, 0.1) is 7.11 Å². The molecule has 254 valence electrons. The molecule has 0 aliphatic carbocycles. The molecule has 0 heterocycles. The fourth-order valence-electron chi connectivity index (χ4n) is 4.20. The smallest absolute Gasteiger partial charge is 0.421 e. The van der Waals surface area contributed by atoms with Crippen LogP contribution in [0.4, 0.5) is 9.59 Å². The van der Waals surface area contributed by atoms with E-state index in [1.807, 2.05) is 30.3 Å². The van der Waals surface area contributed by atoms with Gasteiger partial charge in [-0.15, -0.1) is 0 Å². The maximum Gasteiger partial charge on any atom is 0.421 e. The number of hydrogen-bond acceptors (Lipinski definition) is 12. The molecule has 0 aromatic heterocycles. The average molecular weight is 664 g/mol. The van der Waals surface area contributed by atoms with Crippen LogP contribution >= 0.6 is 12.0 Å². The minimum Gasteiger partial charge on any atom is -0.508 e. The number of carbonyl (C=O) groups is 4. The van der Waals surface area contributed by atoms with Crippen LogP contribution in [0.25, 0.3) is 0 Å². The number of hydrogen-bond donors (Lipinski definition) is 1. The number of carbonyl (C=O) groups excluding carboxylic acids is 4. The highest BCUT2D eigenvalue weighted by Crippen LogP contribution is 2.48. The molecule has 0 saturated carbocycles. The monoisotopic (exact) mass is 663 g/mol. The van der Waals surface area contributed by atoms with E-state index in [4.69, 9.17) is 27.9 Å². The lowest BCUT2D eigenvalue weighted by atomic mass is 9.81. The molecule has 2 rings (SSSR count). The Balaban J connectivity index is 3.15. The van der Waals surface area contributed by atoms with Crippen molar-refractivity contribution in [2.24, 2.45) is 0 Å². The average Bonchev–Trinajstić information content (AvgIpc) is 2.92.